The highest BCUT2D eigenvalue weighted by Gasteiger charge is 2.25. The number of alkyl halides is 1. The van der Waals surface area contributed by atoms with Crippen molar-refractivity contribution in [3.63, 3.8) is 0 Å². The molecule has 0 aliphatic carbocycles. The van der Waals surface area contributed by atoms with E-state index in [1.165, 1.54) is 21.8 Å². The third-order valence-electron chi connectivity index (χ3n) is 1.76. The molecule has 0 fully saturated rings. The number of nitrogens with two attached hydrogens (primary N) is 1. The Morgan fingerprint density at radius 2 is 2.53 bits per heavy atom. The van der Waals surface area contributed by atoms with Crippen molar-refractivity contribution < 1.29 is 4.79 Å². The second-order valence-electron chi connectivity index (χ2n) is 3.10. The van der Waals surface area contributed by atoms with Crippen molar-refractivity contribution in [1.29, 1.82) is 0 Å². The molecule has 0 aromatic carbocycles. The molecule has 2 amide bonds. The van der Waals surface area contributed by atoms with Crippen LogP contribution in [0.3, 0.4) is 0 Å². The molecule has 1 unspecified atom stereocenters. The summed E-state index contributed by atoms with van der Waals surface area (Å²) in [7, 11) is 0. The van der Waals surface area contributed by atoms with Gasteiger partial charge in [-0.3, -0.25) is 5.01 Å². The Labute approximate surface area is 97.8 Å². The van der Waals surface area contributed by atoms with Crippen molar-refractivity contribution in [2.24, 2.45) is 10.9 Å². The molecular formula is C7H14ClN5OS. The SMILES string of the molecule is CSC1=NN(C(=O)NC(C)CCl)CN1N. The number of hydrazone groups is 1. The molecule has 15 heavy (non-hydrogen) atoms. The molecule has 1 aliphatic heterocycles. The van der Waals surface area contributed by atoms with E-state index >= 15 is 0 Å². The van der Waals surface area contributed by atoms with Crippen LogP contribution in [0.4, 0.5) is 4.79 Å². The highest BCUT2D eigenvalue weighted by molar-refractivity contribution is 8.13. The molecule has 0 aromatic rings. The van der Waals surface area contributed by atoms with Crippen LogP contribution >= 0.6 is 23.4 Å². The zero-order chi connectivity index (χ0) is 11.4. The van der Waals surface area contributed by atoms with Crippen LogP contribution in [0.2, 0.25) is 0 Å². The lowest BCUT2D eigenvalue weighted by molar-refractivity contribution is 0.187. The molecule has 0 aromatic heterocycles. The predicted molar refractivity (Wildman–Crippen MR) is 62.4 cm³/mol. The number of urea groups is 1. The number of nitrogens with zero attached hydrogens (tertiary/aromatic N) is 3. The summed E-state index contributed by atoms with van der Waals surface area (Å²) in [6, 6.07) is -0.374. The maximum absolute atomic E-state index is 11.6. The molecule has 1 rings (SSSR count). The summed E-state index contributed by atoms with van der Waals surface area (Å²) in [5.74, 6) is 5.98. The lowest BCUT2D eigenvalue weighted by Gasteiger charge is -2.17. The number of hydrogen-bond donors (Lipinski definition) is 2. The van der Waals surface area contributed by atoms with Gasteiger partial charge in [-0.15, -0.1) is 16.7 Å². The number of hydrazine groups is 1. The topological polar surface area (TPSA) is 74.0 Å². The molecule has 0 bridgehead atoms. The van der Waals surface area contributed by atoms with Gasteiger partial charge in [0.05, 0.1) is 0 Å². The Balaban J connectivity index is 2.52. The largest absolute Gasteiger partial charge is 0.339 e. The van der Waals surface area contributed by atoms with E-state index in [2.05, 4.69) is 10.4 Å². The van der Waals surface area contributed by atoms with Crippen LogP contribution in [0.5, 0.6) is 0 Å². The van der Waals surface area contributed by atoms with Gasteiger partial charge in [0.2, 0.25) is 0 Å². The van der Waals surface area contributed by atoms with Crippen LogP contribution in [0.1, 0.15) is 6.92 Å². The number of thioether (sulfide) groups is 1. The first-order valence-electron chi connectivity index (χ1n) is 4.37. The normalized spacial score (nSPS) is 17.7. The summed E-state index contributed by atoms with van der Waals surface area (Å²) in [4.78, 5) is 11.6. The third-order valence-corrected chi connectivity index (χ3v) is 2.90. The van der Waals surface area contributed by atoms with Crippen molar-refractivity contribution in [1.82, 2.24) is 15.3 Å². The lowest BCUT2D eigenvalue weighted by atomic mass is 10.4. The second-order valence-corrected chi connectivity index (χ2v) is 4.18. The van der Waals surface area contributed by atoms with E-state index in [-0.39, 0.29) is 18.7 Å². The quantitative estimate of drug-likeness (QED) is 0.551. The summed E-state index contributed by atoms with van der Waals surface area (Å²) in [6.07, 6.45) is 1.85. The Bertz CT molecular complexity index is 274. The van der Waals surface area contributed by atoms with Gasteiger partial charge in [-0.2, -0.15) is 5.01 Å². The molecule has 1 aliphatic rings. The van der Waals surface area contributed by atoms with Gasteiger partial charge < -0.3 is 5.32 Å². The van der Waals surface area contributed by atoms with Crippen LogP contribution in [0.15, 0.2) is 5.10 Å². The summed E-state index contributed by atoms with van der Waals surface area (Å²) < 4.78 is 0. The molecule has 8 heteroatoms. The third kappa shape index (κ3) is 3.15. The smallest absolute Gasteiger partial charge is 0.333 e. The average Bonchev–Trinajstić information content (AvgIpc) is 2.59. The van der Waals surface area contributed by atoms with Gasteiger partial charge in [0, 0.05) is 11.9 Å². The van der Waals surface area contributed by atoms with Gasteiger partial charge in [0.15, 0.2) is 5.17 Å². The highest BCUT2D eigenvalue weighted by atomic mass is 35.5. The first-order valence-corrected chi connectivity index (χ1v) is 6.13. The van der Waals surface area contributed by atoms with E-state index in [4.69, 9.17) is 17.4 Å². The highest BCUT2D eigenvalue weighted by Crippen LogP contribution is 2.11. The molecule has 0 spiro atoms. The molecule has 86 valence electrons. The number of hydrogen-bond acceptors (Lipinski definition) is 5. The maximum atomic E-state index is 11.6. The minimum Gasteiger partial charge on any atom is -0.333 e. The van der Waals surface area contributed by atoms with Gasteiger partial charge in [-0.05, 0) is 13.2 Å². The minimum absolute atomic E-state index is 0.0843. The van der Waals surface area contributed by atoms with Crippen molar-refractivity contribution in [3.8, 4) is 0 Å². The van der Waals surface area contributed by atoms with Crippen LogP contribution in [0, 0.1) is 0 Å². The van der Waals surface area contributed by atoms with Crippen molar-refractivity contribution in [3.05, 3.63) is 0 Å². The zero-order valence-corrected chi connectivity index (χ0v) is 10.2. The van der Waals surface area contributed by atoms with E-state index in [9.17, 15) is 4.79 Å². The Kier molecular flexibility index (Phi) is 4.49. The molecule has 0 radical (unpaired) electrons. The molecule has 0 saturated carbocycles. The molecule has 3 N–H and O–H groups in total. The number of amides is 2. The number of halogens is 1. The fourth-order valence-corrected chi connectivity index (χ4v) is 1.54. The van der Waals surface area contributed by atoms with Crippen LogP contribution in [0.25, 0.3) is 0 Å². The summed E-state index contributed by atoms with van der Waals surface area (Å²) in [6.45, 7) is 2.08. The number of rotatable bonds is 2. The summed E-state index contributed by atoms with van der Waals surface area (Å²) in [5.41, 5.74) is 0. The molecule has 6 nitrogen and oxygen atoms in total. The number of carbonyl (C=O) groups excluding carboxylic acids is 1. The fraction of sp³-hybridized carbons (Fsp3) is 0.714. The minimum atomic E-state index is -0.289. The van der Waals surface area contributed by atoms with Gasteiger partial charge in [0.1, 0.15) is 6.67 Å². The van der Waals surface area contributed by atoms with E-state index in [0.717, 1.165) is 0 Å². The van der Waals surface area contributed by atoms with Crippen molar-refractivity contribution in [2.45, 2.75) is 13.0 Å². The molecule has 1 heterocycles. The van der Waals surface area contributed by atoms with Crippen LogP contribution in [-0.4, -0.2) is 46.1 Å². The number of carbonyl (C=O) groups is 1. The second kappa shape index (κ2) is 5.43. The molecular weight excluding hydrogens is 238 g/mol. The van der Waals surface area contributed by atoms with Gasteiger partial charge in [-0.1, -0.05) is 11.8 Å². The Morgan fingerprint density at radius 3 is 3.00 bits per heavy atom. The van der Waals surface area contributed by atoms with Crippen molar-refractivity contribution >= 4 is 34.6 Å². The average molecular weight is 252 g/mol. The standard InChI is InChI=1S/C7H14ClN5OS/c1-5(3-8)10-6(14)13-4-12(9)7(11-13)15-2/h5H,3-4,9H2,1-2H3,(H,10,14). The monoisotopic (exact) mass is 251 g/mol. The Hall–Kier alpha value is -0.660. The van der Waals surface area contributed by atoms with E-state index in [1.54, 1.807) is 0 Å². The number of nitrogens with one attached hydrogen (secondary N) is 1. The first kappa shape index (κ1) is 12.4. The van der Waals surface area contributed by atoms with E-state index in [1.807, 2.05) is 13.2 Å². The fourth-order valence-electron chi connectivity index (χ4n) is 0.989. The van der Waals surface area contributed by atoms with Gasteiger partial charge >= 0.3 is 6.03 Å². The van der Waals surface area contributed by atoms with Crippen molar-refractivity contribution in [2.75, 3.05) is 18.8 Å². The van der Waals surface area contributed by atoms with E-state index < -0.39 is 0 Å². The zero-order valence-electron chi connectivity index (χ0n) is 8.61. The summed E-state index contributed by atoms with van der Waals surface area (Å²) >= 11 is 6.97. The van der Waals surface area contributed by atoms with Gasteiger partial charge in [-0.25, -0.2) is 10.6 Å². The van der Waals surface area contributed by atoms with Crippen LogP contribution < -0.4 is 11.2 Å². The predicted octanol–water partition coefficient (Wildman–Crippen LogP) is 0.406. The lowest BCUT2D eigenvalue weighted by Crippen LogP contribution is -2.44. The van der Waals surface area contributed by atoms with E-state index in [0.29, 0.717) is 11.0 Å². The van der Waals surface area contributed by atoms with Crippen LogP contribution in [-0.2, 0) is 0 Å². The first-order chi connectivity index (χ1) is 7.08. The van der Waals surface area contributed by atoms with Gasteiger partial charge in [0.25, 0.3) is 0 Å². The molecule has 0 saturated heterocycles. The molecule has 1 atom stereocenters. The maximum Gasteiger partial charge on any atom is 0.339 e. The Morgan fingerprint density at radius 1 is 1.87 bits per heavy atom. The number of amidine groups is 1. The summed E-state index contributed by atoms with van der Waals surface area (Å²) in [5, 5.41) is 10.0.